The highest BCUT2D eigenvalue weighted by Gasteiger charge is 2.18. The van der Waals surface area contributed by atoms with Crippen molar-refractivity contribution in [1.82, 2.24) is 5.32 Å². The molecule has 2 nitrogen and oxygen atoms in total. The fraction of sp³-hybridized carbons (Fsp3) is 0.286. The molecule has 1 atom stereocenters. The second kappa shape index (κ2) is 6.03. The van der Waals surface area contributed by atoms with Crippen molar-refractivity contribution in [2.45, 2.75) is 19.4 Å². The Bertz CT molecular complexity index is 495. The third-order valence-electron chi connectivity index (χ3n) is 2.76. The standard InChI is InChI=1S/C14H15ClFNO/c1-2-8-17-13(12-7-9-18-14(12)15)10-3-5-11(16)6-4-10/h3-7,9,13,17H,2,8H2,1H3. The summed E-state index contributed by atoms with van der Waals surface area (Å²) in [5, 5.41) is 3.75. The quantitative estimate of drug-likeness (QED) is 0.880. The zero-order valence-corrected chi connectivity index (χ0v) is 10.9. The van der Waals surface area contributed by atoms with Crippen molar-refractivity contribution in [2.24, 2.45) is 0 Å². The van der Waals surface area contributed by atoms with E-state index in [1.165, 1.54) is 12.1 Å². The van der Waals surface area contributed by atoms with Crippen LogP contribution in [0.2, 0.25) is 5.22 Å². The first-order valence-electron chi connectivity index (χ1n) is 5.94. The summed E-state index contributed by atoms with van der Waals surface area (Å²) in [4.78, 5) is 0. The first kappa shape index (κ1) is 13.1. The van der Waals surface area contributed by atoms with Crippen molar-refractivity contribution in [1.29, 1.82) is 0 Å². The van der Waals surface area contributed by atoms with Crippen molar-refractivity contribution in [3.05, 3.63) is 58.8 Å². The van der Waals surface area contributed by atoms with E-state index in [9.17, 15) is 4.39 Å². The van der Waals surface area contributed by atoms with Crippen LogP contribution in [-0.4, -0.2) is 6.54 Å². The van der Waals surface area contributed by atoms with E-state index in [4.69, 9.17) is 16.0 Å². The second-order valence-electron chi connectivity index (χ2n) is 4.09. The van der Waals surface area contributed by atoms with Crippen LogP contribution in [0.3, 0.4) is 0 Å². The van der Waals surface area contributed by atoms with Crippen LogP contribution in [0, 0.1) is 5.82 Å². The molecule has 0 amide bonds. The zero-order chi connectivity index (χ0) is 13.0. The second-order valence-corrected chi connectivity index (χ2v) is 4.43. The first-order chi connectivity index (χ1) is 8.72. The minimum Gasteiger partial charge on any atom is -0.453 e. The molecule has 0 bridgehead atoms. The molecule has 96 valence electrons. The third-order valence-corrected chi connectivity index (χ3v) is 3.07. The third kappa shape index (κ3) is 2.92. The molecule has 2 rings (SSSR count). The molecule has 1 unspecified atom stereocenters. The van der Waals surface area contributed by atoms with Crippen LogP contribution >= 0.6 is 11.6 Å². The monoisotopic (exact) mass is 267 g/mol. The Kier molecular flexibility index (Phi) is 4.39. The molecule has 0 aliphatic rings. The fourth-order valence-electron chi connectivity index (χ4n) is 1.86. The summed E-state index contributed by atoms with van der Waals surface area (Å²) in [5.41, 5.74) is 1.84. The van der Waals surface area contributed by atoms with Gasteiger partial charge in [-0.2, -0.15) is 0 Å². The van der Waals surface area contributed by atoms with Crippen molar-refractivity contribution in [3.63, 3.8) is 0 Å². The van der Waals surface area contributed by atoms with Gasteiger partial charge >= 0.3 is 0 Å². The van der Waals surface area contributed by atoms with Crippen LogP contribution in [-0.2, 0) is 0 Å². The Morgan fingerprint density at radius 3 is 2.56 bits per heavy atom. The molecule has 0 aliphatic carbocycles. The molecule has 0 radical (unpaired) electrons. The Balaban J connectivity index is 2.30. The number of halogens is 2. The van der Waals surface area contributed by atoms with Gasteiger partial charge in [0.1, 0.15) is 5.82 Å². The summed E-state index contributed by atoms with van der Waals surface area (Å²) < 4.78 is 18.1. The van der Waals surface area contributed by atoms with E-state index in [0.717, 1.165) is 24.1 Å². The lowest BCUT2D eigenvalue weighted by molar-refractivity contribution is 0.549. The van der Waals surface area contributed by atoms with Crippen molar-refractivity contribution in [3.8, 4) is 0 Å². The number of hydrogen-bond acceptors (Lipinski definition) is 2. The number of hydrogen-bond donors (Lipinski definition) is 1. The maximum Gasteiger partial charge on any atom is 0.198 e. The lowest BCUT2D eigenvalue weighted by Crippen LogP contribution is -2.23. The molecule has 0 saturated carbocycles. The van der Waals surface area contributed by atoms with Crippen molar-refractivity contribution in [2.75, 3.05) is 6.54 Å². The normalized spacial score (nSPS) is 12.6. The smallest absolute Gasteiger partial charge is 0.198 e. The lowest BCUT2D eigenvalue weighted by Gasteiger charge is -2.18. The zero-order valence-electron chi connectivity index (χ0n) is 10.1. The van der Waals surface area contributed by atoms with E-state index >= 15 is 0 Å². The average molecular weight is 268 g/mol. The minimum atomic E-state index is -0.244. The fourth-order valence-corrected chi connectivity index (χ4v) is 2.09. The van der Waals surface area contributed by atoms with Crippen LogP contribution in [0.1, 0.15) is 30.5 Å². The largest absolute Gasteiger partial charge is 0.453 e. The number of benzene rings is 1. The summed E-state index contributed by atoms with van der Waals surface area (Å²) in [6.45, 7) is 2.94. The van der Waals surface area contributed by atoms with Gasteiger partial charge in [-0.1, -0.05) is 19.1 Å². The van der Waals surface area contributed by atoms with Crippen LogP contribution in [0.4, 0.5) is 4.39 Å². The van der Waals surface area contributed by atoms with Gasteiger partial charge in [-0.05, 0) is 48.3 Å². The highest BCUT2D eigenvalue weighted by Crippen LogP contribution is 2.29. The van der Waals surface area contributed by atoms with Gasteiger partial charge in [0.05, 0.1) is 12.3 Å². The maximum atomic E-state index is 13.0. The summed E-state index contributed by atoms with van der Waals surface area (Å²) in [5.74, 6) is -0.244. The van der Waals surface area contributed by atoms with E-state index in [1.54, 1.807) is 18.4 Å². The van der Waals surface area contributed by atoms with Gasteiger partial charge in [0.15, 0.2) is 5.22 Å². The van der Waals surface area contributed by atoms with Crippen LogP contribution in [0.15, 0.2) is 41.0 Å². The minimum absolute atomic E-state index is 0.0724. The van der Waals surface area contributed by atoms with Gasteiger partial charge < -0.3 is 9.73 Å². The van der Waals surface area contributed by atoms with Crippen LogP contribution in [0.5, 0.6) is 0 Å². The van der Waals surface area contributed by atoms with Gasteiger partial charge in [0.2, 0.25) is 0 Å². The predicted molar refractivity (Wildman–Crippen MR) is 70.3 cm³/mol. The van der Waals surface area contributed by atoms with E-state index in [0.29, 0.717) is 5.22 Å². The molecule has 0 fully saturated rings. The van der Waals surface area contributed by atoms with Gasteiger partial charge in [-0.25, -0.2) is 4.39 Å². The predicted octanol–water partition coefficient (Wildman–Crippen LogP) is 4.16. The number of furan rings is 1. The lowest BCUT2D eigenvalue weighted by atomic mass is 10.0. The molecule has 1 aromatic heterocycles. The van der Waals surface area contributed by atoms with Crippen molar-refractivity contribution < 1.29 is 8.81 Å². The Morgan fingerprint density at radius 1 is 1.28 bits per heavy atom. The molecule has 1 heterocycles. The van der Waals surface area contributed by atoms with Gasteiger partial charge in [-0.3, -0.25) is 0 Å². The molecular formula is C14H15ClFNO. The van der Waals surface area contributed by atoms with Crippen molar-refractivity contribution >= 4 is 11.6 Å². The van der Waals surface area contributed by atoms with Crippen LogP contribution < -0.4 is 5.32 Å². The molecule has 18 heavy (non-hydrogen) atoms. The molecule has 0 saturated heterocycles. The summed E-state index contributed by atoms with van der Waals surface area (Å²) in [7, 11) is 0. The molecule has 0 spiro atoms. The Labute approximate surface area is 111 Å². The molecule has 0 aliphatic heterocycles. The average Bonchev–Trinajstić information content (AvgIpc) is 2.78. The highest BCUT2D eigenvalue weighted by molar-refractivity contribution is 6.29. The SMILES string of the molecule is CCCNC(c1ccc(F)cc1)c1ccoc1Cl. The summed E-state index contributed by atoms with van der Waals surface area (Å²) in [6, 6.07) is 8.17. The van der Waals surface area contributed by atoms with Crippen LogP contribution in [0.25, 0.3) is 0 Å². The van der Waals surface area contributed by atoms with Gasteiger partial charge in [-0.15, -0.1) is 0 Å². The van der Waals surface area contributed by atoms with E-state index in [1.807, 2.05) is 6.07 Å². The summed E-state index contributed by atoms with van der Waals surface area (Å²) >= 11 is 6.01. The summed E-state index contributed by atoms with van der Waals surface area (Å²) in [6.07, 6.45) is 2.56. The van der Waals surface area contributed by atoms with Gasteiger partial charge in [0.25, 0.3) is 0 Å². The topological polar surface area (TPSA) is 25.2 Å². The molecule has 2 aromatic rings. The van der Waals surface area contributed by atoms with Gasteiger partial charge in [0, 0.05) is 5.56 Å². The molecular weight excluding hydrogens is 253 g/mol. The number of rotatable bonds is 5. The van der Waals surface area contributed by atoms with E-state index in [2.05, 4.69) is 12.2 Å². The molecule has 1 N–H and O–H groups in total. The maximum absolute atomic E-state index is 13.0. The molecule has 4 heteroatoms. The number of nitrogens with one attached hydrogen (secondary N) is 1. The first-order valence-corrected chi connectivity index (χ1v) is 6.32. The van der Waals surface area contributed by atoms with E-state index in [-0.39, 0.29) is 11.9 Å². The highest BCUT2D eigenvalue weighted by atomic mass is 35.5. The van der Waals surface area contributed by atoms with E-state index < -0.39 is 0 Å². The Morgan fingerprint density at radius 2 is 2.00 bits per heavy atom. The Hall–Kier alpha value is -1.32. The molecule has 1 aromatic carbocycles.